The number of rotatable bonds is 8. The first-order chi connectivity index (χ1) is 17.1. The third kappa shape index (κ3) is 23.6. The van der Waals surface area contributed by atoms with Crippen LogP contribution < -0.4 is 5.32 Å². The fourth-order valence-corrected chi connectivity index (χ4v) is 3.55. The molecule has 1 atom stereocenters. The van der Waals surface area contributed by atoms with Crippen molar-refractivity contribution in [3.63, 3.8) is 0 Å². The highest BCUT2D eigenvalue weighted by atomic mass is 16.6. The predicted molar refractivity (Wildman–Crippen MR) is 159 cm³/mol. The maximum atomic E-state index is 12.1. The van der Waals surface area contributed by atoms with Gasteiger partial charge in [0.15, 0.2) is 0 Å². The molecule has 1 amide bonds. The molecule has 0 aromatic heterocycles. The summed E-state index contributed by atoms with van der Waals surface area (Å²) in [7, 11) is 2.15. The van der Waals surface area contributed by atoms with E-state index in [1.165, 1.54) is 19.5 Å². The van der Waals surface area contributed by atoms with Crippen molar-refractivity contribution in [2.75, 3.05) is 66.0 Å². The Balaban J connectivity index is -0.000000737. The smallest absolute Gasteiger partial charge is 0.410 e. The molecule has 1 unspecified atom stereocenters. The second-order valence-corrected chi connectivity index (χ2v) is 10.2. The van der Waals surface area contributed by atoms with E-state index in [9.17, 15) is 9.59 Å². The number of carbonyl (C=O) groups excluding carboxylic acids is 2. The van der Waals surface area contributed by atoms with E-state index in [-0.39, 0.29) is 25.7 Å². The number of piperidine rings is 1. The van der Waals surface area contributed by atoms with E-state index in [1.54, 1.807) is 4.90 Å². The number of piperazine rings is 1. The summed E-state index contributed by atoms with van der Waals surface area (Å²) in [5, 5.41) is 3.27. The quantitative estimate of drug-likeness (QED) is 0.425. The van der Waals surface area contributed by atoms with Gasteiger partial charge < -0.3 is 29.4 Å². The molecule has 0 aliphatic carbocycles. The van der Waals surface area contributed by atoms with Gasteiger partial charge >= 0.3 is 6.09 Å². The Morgan fingerprint density at radius 2 is 1.59 bits per heavy atom. The fourth-order valence-electron chi connectivity index (χ4n) is 3.55. The van der Waals surface area contributed by atoms with Crippen molar-refractivity contribution in [2.24, 2.45) is 0 Å². The number of likely N-dealkylation sites (N-methyl/N-ethyl adjacent to an activating group) is 1. The molecule has 37 heavy (non-hydrogen) atoms. The Morgan fingerprint density at radius 1 is 1.08 bits per heavy atom. The van der Waals surface area contributed by atoms with Crippen LogP contribution >= 0.6 is 0 Å². The molecule has 2 aliphatic rings. The number of ether oxygens (including phenoxy) is 2. The highest BCUT2D eigenvalue weighted by Crippen LogP contribution is 2.17. The van der Waals surface area contributed by atoms with Crippen molar-refractivity contribution in [2.45, 2.75) is 113 Å². The Morgan fingerprint density at radius 3 is 1.97 bits per heavy atom. The van der Waals surface area contributed by atoms with Crippen molar-refractivity contribution < 1.29 is 19.1 Å². The molecule has 0 saturated carbocycles. The first-order valence-electron chi connectivity index (χ1n) is 14.2. The number of likely N-dealkylation sites (tertiary alicyclic amines) is 1. The van der Waals surface area contributed by atoms with Gasteiger partial charge in [-0.25, -0.2) is 4.79 Å². The van der Waals surface area contributed by atoms with Crippen LogP contribution in [0.25, 0.3) is 0 Å². The third-order valence-electron chi connectivity index (χ3n) is 5.47. The van der Waals surface area contributed by atoms with Crippen molar-refractivity contribution in [3.05, 3.63) is 0 Å². The van der Waals surface area contributed by atoms with Crippen molar-refractivity contribution in [1.29, 1.82) is 0 Å². The van der Waals surface area contributed by atoms with Gasteiger partial charge in [-0.2, -0.15) is 0 Å². The SMILES string of the molecule is C.CC.CCC.CCN(CCC(C)OC1CCN(CC=O)CC1)C(=O)OC(C)(C)C.CN1CCNCC1. The van der Waals surface area contributed by atoms with Crippen molar-refractivity contribution in [1.82, 2.24) is 20.0 Å². The maximum Gasteiger partial charge on any atom is 0.410 e. The standard InChI is InChI=1S/C18H34N2O4.C5H12N2.C3H8.C2H6.CH4/c1-6-20(17(22)24-18(3,4)5)12-7-15(2)23-16-8-10-19(11-9-16)13-14-21;1-7-4-2-6-3-5-7;1-3-2;1-2;/h14-16H,6-13H2,1-5H3;6H,2-5H2,1H3;3H2,1-2H3;1-2H3;1H4. The minimum absolute atomic E-state index is 0. The van der Waals surface area contributed by atoms with E-state index in [4.69, 9.17) is 9.47 Å². The van der Waals surface area contributed by atoms with Gasteiger partial charge in [0, 0.05) is 52.4 Å². The Labute approximate surface area is 230 Å². The van der Waals surface area contributed by atoms with Crippen LogP contribution in [0.15, 0.2) is 0 Å². The number of amides is 1. The molecule has 0 aromatic rings. The van der Waals surface area contributed by atoms with Gasteiger partial charge in [0.1, 0.15) is 11.9 Å². The summed E-state index contributed by atoms with van der Waals surface area (Å²) in [6, 6.07) is 0. The van der Waals surface area contributed by atoms with Crippen LogP contribution in [0.2, 0.25) is 0 Å². The molecule has 2 fully saturated rings. The Bertz CT molecular complexity index is 515. The minimum Gasteiger partial charge on any atom is -0.444 e. The molecular formula is C29H64N4O4. The first kappa shape index (κ1) is 40.3. The highest BCUT2D eigenvalue weighted by molar-refractivity contribution is 5.68. The molecule has 2 aliphatic heterocycles. The van der Waals surface area contributed by atoms with Crippen LogP contribution in [-0.4, -0.2) is 111 Å². The molecule has 1 N–H and O–H groups in total. The summed E-state index contributed by atoms with van der Waals surface area (Å²) >= 11 is 0. The molecule has 224 valence electrons. The van der Waals surface area contributed by atoms with Gasteiger partial charge in [-0.15, -0.1) is 0 Å². The maximum absolute atomic E-state index is 12.1. The molecule has 8 heteroatoms. The van der Waals surface area contributed by atoms with Crippen LogP contribution in [0.4, 0.5) is 4.79 Å². The van der Waals surface area contributed by atoms with E-state index < -0.39 is 5.60 Å². The van der Waals surface area contributed by atoms with E-state index in [0.29, 0.717) is 19.6 Å². The van der Waals surface area contributed by atoms with Crippen molar-refractivity contribution in [3.8, 4) is 0 Å². The van der Waals surface area contributed by atoms with Gasteiger partial charge in [-0.1, -0.05) is 41.5 Å². The lowest BCUT2D eigenvalue weighted by atomic mass is 10.1. The predicted octanol–water partition coefficient (Wildman–Crippen LogP) is 5.30. The molecule has 0 radical (unpaired) electrons. The summed E-state index contributed by atoms with van der Waals surface area (Å²) in [6.07, 6.45) is 5.01. The van der Waals surface area contributed by atoms with E-state index >= 15 is 0 Å². The largest absolute Gasteiger partial charge is 0.444 e. The third-order valence-corrected chi connectivity index (χ3v) is 5.47. The molecule has 0 spiro atoms. The Kier molecular flexibility index (Phi) is 27.3. The molecule has 2 rings (SSSR count). The molecule has 2 heterocycles. The zero-order valence-corrected chi connectivity index (χ0v) is 25.4. The van der Waals surface area contributed by atoms with Crippen LogP contribution in [0, 0.1) is 0 Å². The van der Waals surface area contributed by atoms with Gasteiger partial charge in [-0.3, -0.25) is 4.90 Å². The molecule has 8 nitrogen and oxygen atoms in total. The second kappa shape index (κ2) is 25.1. The van der Waals surface area contributed by atoms with E-state index in [0.717, 1.165) is 51.7 Å². The summed E-state index contributed by atoms with van der Waals surface area (Å²) in [4.78, 5) is 28.9. The second-order valence-electron chi connectivity index (χ2n) is 10.2. The van der Waals surface area contributed by atoms with E-state index in [1.807, 2.05) is 41.5 Å². The summed E-state index contributed by atoms with van der Waals surface area (Å²) in [6.45, 7) is 26.2. The number of aldehydes is 1. The summed E-state index contributed by atoms with van der Waals surface area (Å²) < 4.78 is 11.5. The van der Waals surface area contributed by atoms with Crippen LogP contribution in [-0.2, 0) is 14.3 Å². The first-order valence-corrected chi connectivity index (χ1v) is 14.2. The number of hydrogen-bond acceptors (Lipinski definition) is 7. The van der Waals surface area contributed by atoms with Crippen LogP contribution in [0.5, 0.6) is 0 Å². The molecule has 2 saturated heterocycles. The van der Waals surface area contributed by atoms with Crippen LogP contribution in [0.1, 0.15) is 95.4 Å². The number of carbonyl (C=O) groups is 2. The Hall–Kier alpha value is -1.22. The summed E-state index contributed by atoms with van der Waals surface area (Å²) in [5.74, 6) is 0. The van der Waals surface area contributed by atoms with Gasteiger partial charge in [0.2, 0.25) is 0 Å². The lowest BCUT2D eigenvalue weighted by molar-refractivity contribution is -0.109. The van der Waals surface area contributed by atoms with Crippen LogP contribution in [0.3, 0.4) is 0 Å². The van der Waals surface area contributed by atoms with Gasteiger partial charge in [0.05, 0.1) is 18.8 Å². The topological polar surface area (TPSA) is 74.3 Å². The zero-order chi connectivity index (χ0) is 28.0. The lowest BCUT2D eigenvalue weighted by Gasteiger charge is -2.33. The lowest BCUT2D eigenvalue weighted by Crippen LogP contribution is -2.40. The van der Waals surface area contributed by atoms with Crippen molar-refractivity contribution >= 4 is 12.4 Å². The average Bonchev–Trinajstić information content (AvgIpc) is 2.82. The number of hydrogen-bond donors (Lipinski definition) is 1. The van der Waals surface area contributed by atoms with Gasteiger partial charge in [0.25, 0.3) is 0 Å². The molecule has 0 aromatic carbocycles. The molecule has 0 bridgehead atoms. The zero-order valence-electron chi connectivity index (χ0n) is 25.4. The van der Waals surface area contributed by atoms with E-state index in [2.05, 4.69) is 42.9 Å². The number of nitrogens with one attached hydrogen (secondary N) is 1. The fraction of sp³-hybridized carbons (Fsp3) is 0.931. The highest BCUT2D eigenvalue weighted by Gasteiger charge is 2.23. The average molecular weight is 533 g/mol. The number of nitrogens with zero attached hydrogens (tertiary/aromatic N) is 3. The minimum atomic E-state index is -0.470. The van der Waals surface area contributed by atoms with Gasteiger partial charge in [-0.05, 0) is 60.9 Å². The normalized spacial score (nSPS) is 17.2. The summed E-state index contributed by atoms with van der Waals surface area (Å²) in [5.41, 5.74) is -0.470. The monoisotopic (exact) mass is 532 g/mol. The molecular weight excluding hydrogens is 468 g/mol.